The zero-order valence-electron chi connectivity index (χ0n) is 13.2. The number of carbonyl (C=O) groups is 1. The third-order valence-corrected chi connectivity index (χ3v) is 4.30. The third-order valence-electron chi connectivity index (χ3n) is 4.30. The number of allylic oxidation sites excluding steroid dienone is 1. The number of halogens is 3. The Hall–Kier alpha value is -2.02. The molecule has 2 aliphatic rings. The molecule has 1 atom stereocenters. The Morgan fingerprint density at radius 2 is 2.08 bits per heavy atom. The number of amides is 2. The van der Waals surface area contributed by atoms with Crippen LogP contribution in [0.5, 0.6) is 0 Å². The van der Waals surface area contributed by atoms with Gasteiger partial charge in [0.25, 0.3) is 0 Å². The summed E-state index contributed by atoms with van der Waals surface area (Å²) in [4.78, 5) is 13.5. The molecule has 1 aromatic carbocycles. The van der Waals surface area contributed by atoms with E-state index < -0.39 is 12.7 Å². The van der Waals surface area contributed by atoms with E-state index in [9.17, 15) is 18.0 Å². The fourth-order valence-electron chi connectivity index (χ4n) is 3.24. The van der Waals surface area contributed by atoms with Crippen molar-refractivity contribution in [3.05, 3.63) is 41.5 Å². The number of hydrogen-bond acceptors (Lipinski definition) is 2. The second-order valence-corrected chi connectivity index (χ2v) is 6.28. The number of hydrogen-bond donors (Lipinski definition) is 2. The van der Waals surface area contributed by atoms with E-state index in [4.69, 9.17) is 0 Å². The minimum atomic E-state index is -4.22. The Balaban J connectivity index is 1.63. The molecule has 0 spiro atoms. The predicted molar refractivity (Wildman–Crippen MR) is 85.5 cm³/mol. The fourth-order valence-corrected chi connectivity index (χ4v) is 3.24. The lowest BCUT2D eigenvalue weighted by molar-refractivity contribution is -0.146. The van der Waals surface area contributed by atoms with E-state index in [2.05, 4.69) is 16.7 Å². The van der Waals surface area contributed by atoms with Gasteiger partial charge in [-0.15, -0.1) is 0 Å². The molecule has 0 saturated heterocycles. The molecular weight excluding hydrogens is 319 g/mol. The smallest absolute Gasteiger partial charge is 0.335 e. The summed E-state index contributed by atoms with van der Waals surface area (Å²) in [6.45, 7) is -0.501. The van der Waals surface area contributed by atoms with Crippen LogP contribution in [0.1, 0.15) is 30.4 Å². The molecular formula is C17H20F3N3O. The predicted octanol–water partition coefficient (Wildman–Crippen LogP) is 3.79. The molecule has 2 amide bonds. The minimum Gasteiger partial charge on any atom is -0.335 e. The van der Waals surface area contributed by atoms with Crippen LogP contribution in [0.2, 0.25) is 0 Å². The van der Waals surface area contributed by atoms with Crippen LogP contribution in [0.25, 0.3) is 0 Å². The monoisotopic (exact) mass is 339 g/mol. The summed E-state index contributed by atoms with van der Waals surface area (Å²) < 4.78 is 37.7. The van der Waals surface area contributed by atoms with Crippen LogP contribution in [-0.4, -0.2) is 29.7 Å². The highest BCUT2D eigenvalue weighted by Gasteiger charge is 2.34. The van der Waals surface area contributed by atoms with Crippen molar-refractivity contribution in [3.8, 4) is 0 Å². The lowest BCUT2D eigenvalue weighted by Gasteiger charge is -2.20. The van der Waals surface area contributed by atoms with Gasteiger partial charge in [0, 0.05) is 24.8 Å². The van der Waals surface area contributed by atoms with E-state index in [0.29, 0.717) is 5.69 Å². The molecule has 0 saturated carbocycles. The summed E-state index contributed by atoms with van der Waals surface area (Å²) in [6.07, 6.45) is 2.56. The van der Waals surface area contributed by atoms with Crippen LogP contribution < -0.4 is 10.6 Å². The quantitative estimate of drug-likeness (QED) is 0.823. The Morgan fingerprint density at radius 3 is 2.79 bits per heavy atom. The van der Waals surface area contributed by atoms with Crippen LogP contribution in [0.3, 0.4) is 0 Å². The maximum atomic E-state index is 12.6. The maximum absolute atomic E-state index is 12.6. The highest BCUT2D eigenvalue weighted by atomic mass is 19.4. The van der Waals surface area contributed by atoms with Crippen LogP contribution in [0, 0.1) is 0 Å². The van der Waals surface area contributed by atoms with Crippen molar-refractivity contribution in [1.29, 1.82) is 0 Å². The van der Waals surface area contributed by atoms with Gasteiger partial charge in [-0.3, -0.25) is 4.90 Å². The Morgan fingerprint density at radius 1 is 1.25 bits per heavy atom. The molecule has 7 heteroatoms. The average Bonchev–Trinajstić information content (AvgIpc) is 2.89. The zero-order chi connectivity index (χ0) is 17.2. The fraction of sp³-hybridized carbons (Fsp3) is 0.471. The van der Waals surface area contributed by atoms with Gasteiger partial charge in [-0.2, -0.15) is 13.2 Å². The lowest BCUT2D eigenvalue weighted by Crippen LogP contribution is -2.38. The lowest BCUT2D eigenvalue weighted by atomic mass is 10.0. The van der Waals surface area contributed by atoms with E-state index in [1.807, 2.05) is 6.08 Å². The van der Waals surface area contributed by atoms with Crippen LogP contribution >= 0.6 is 0 Å². The van der Waals surface area contributed by atoms with Crippen molar-refractivity contribution in [2.45, 2.75) is 44.6 Å². The van der Waals surface area contributed by atoms with Crippen molar-refractivity contribution in [2.24, 2.45) is 0 Å². The molecule has 0 aromatic heterocycles. The molecule has 4 nitrogen and oxygen atoms in total. The number of urea groups is 1. The second-order valence-electron chi connectivity index (χ2n) is 6.28. The average molecular weight is 339 g/mol. The second kappa shape index (κ2) is 6.84. The highest BCUT2D eigenvalue weighted by molar-refractivity contribution is 5.90. The third kappa shape index (κ3) is 4.29. The van der Waals surface area contributed by atoms with Crippen LogP contribution in [0.15, 0.2) is 30.4 Å². The number of fused-ring (bicyclic) bond motifs is 1. The summed E-state index contributed by atoms with van der Waals surface area (Å²) in [5.41, 5.74) is 2.18. The molecule has 1 aromatic rings. The van der Waals surface area contributed by atoms with Gasteiger partial charge in [-0.25, -0.2) is 4.79 Å². The molecule has 0 unspecified atom stereocenters. The Bertz CT molecular complexity index is 642. The van der Waals surface area contributed by atoms with Gasteiger partial charge in [0.2, 0.25) is 0 Å². The summed E-state index contributed by atoms with van der Waals surface area (Å²) in [5, 5.41) is 5.70. The Labute approximate surface area is 138 Å². The maximum Gasteiger partial charge on any atom is 0.401 e. The van der Waals surface area contributed by atoms with E-state index in [0.717, 1.165) is 30.4 Å². The number of nitrogens with one attached hydrogen (secondary N) is 2. The molecule has 0 fully saturated rings. The van der Waals surface area contributed by atoms with Crippen molar-refractivity contribution in [2.75, 3.05) is 11.9 Å². The number of carbonyl (C=O) groups excluding carboxylic acids is 1. The molecule has 24 heavy (non-hydrogen) atoms. The molecule has 0 bridgehead atoms. The SMILES string of the molecule is O=C(Nc1cccc2c1CN(CC(F)(F)F)C2)N[C@@H]1CC=CCC1. The standard InChI is InChI=1S/C17H20F3N3O/c18-17(19,20)11-23-9-12-5-4-8-15(14(12)10-23)22-16(24)21-13-6-2-1-3-7-13/h1-2,4-5,8,13H,3,6-7,9-11H2,(H2,21,22,24)/t13-/m1/s1. The molecule has 130 valence electrons. The number of nitrogens with zero attached hydrogens (tertiary/aromatic N) is 1. The van der Waals surface area contributed by atoms with Crippen LogP contribution in [0.4, 0.5) is 23.7 Å². The van der Waals surface area contributed by atoms with Gasteiger partial charge in [-0.1, -0.05) is 24.3 Å². The van der Waals surface area contributed by atoms with E-state index in [1.165, 1.54) is 4.90 Å². The molecule has 3 rings (SSSR count). The Kier molecular flexibility index (Phi) is 4.80. The first kappa shape index (κ1) is 16.8. The molecule has 1 heterocycles. The number of benzene rings is 1. The van der Waals surface area contributed by atoms with E-state index in [1.54, 1.807) is 18.2 Å². The highest BCUT2D eigenvalue weighted by Crippen LogP contribution is 2.31. The number of alkyl halides is 3. The first-order valence-electron chi connectivity index (χ1n) is 8.03. The van der Waals surface area contributed by atoms with Crippen LogP contribution in [-0.2, 0) is 13.1 Å². The van der Waals surface area contributed by atoms with Gasteiger partial charge < -0.3 is 10.6 Å². The summed E-state index contributed by atoms with van der Waals surface area (Å²) in [5.74, 6) is 0. The summed E-state index contributed by atoms with van der Waals surface area (Å²) >= 11 is 0. The minimum absolute atomic E-state index is 0.105. The molecule has 1 aliphatic heterocycles. The van der Waals surface area contributed by atoms with Gasteiger partial charge in [-0.05, 0) is 36.5 Å². The molecule has 1 aliphatic carbocycles. The number of rotatable bonds is 3. The first-order valence-corrected chi connectivity index (χ1v) is 8.03. The van der Waals surface area contributed by atoms with Gasteiger partial charge in [0.15, 0.2) is 0 Å². The zero-order valence-corrected chi connectivity index (χ0v) is 13.2. The van der Waals surface area contributed by atoms with Gasteiger partial charge >= 0.3 is 12.2 Å². The first-order chi connectivity index (χ1) is 11.4. The number of anilines is 1. The summed E-state index contributed by atoms with van der Waals surface area (Å²) in [6, 6.07) is 5.10. The van der Waals surface area contributed by atoms with Gasteiger partial charge in [0.1, 0.15) is 0 Å². The van der Waals surface area contributed by atoms with Crippen molar-refractivity contribution >= 4 is 11.7 Å². The van der Waals surface area contributed by atoms with Crippen molar-refractivity contribution in [1.82, 2.24) is 10.2 Å². The summed E-state index contributed by atoms with van der Waals surface area (Å²) in [7, 11) is 0. The molecule has 0 radical (unpaired) electrons. The topological polar surface area (TPSA) is 44.4 Å². The largest absolute Gasteiger partial charge is 0.401 e. The van der Waals surface area contributed by atoms with E-state index >= 15 is 0 Å². The van der Waals surface area contributed by atoms with Crippen molar-refractivity contribution < 1.29 is 18.0 Å². The van der Waals surface area contributed by atoms with E-state index in [-0.39, 0.29) is 25.2 Å². The van der Waals surface area contributed by atoms with Crippen molar-refractivity contribution in [3.63, 3.8) is 0 Å². The molecule has 2 N–H and O–H groups in total. The van der Waals surface area contributed by atoms with Gasteiger partial charge in [0.05, 0.1) is 6.54 Å². The normalized spacial score (nSPS) is 20.7.